The lowest BCUT2D eigenvalue weighted by molar-refractivity contribution is -0.134. The second-order valence-electron chi connectivity index (χ2n) is 8.74. The van der Waals surface area contributed by atoms with Gasteiger partial charge in [-0.25, -0.2) is 4.79 Å². The van der Waals surface area contributed by atoms with Gasteiger partial charge in [0.15, 0.2) is 0 Å². The number of rotatable bonds is 6. The van der Waals surface area contributed by atoms with Gasteiger partial charge >= 0.3 is 6.03 Å². The molecule has 0 bridgehead atoms. The summed E-state index contributed by atoms with van der Waals surface area (Å²) in [5, 5.41) is 21.4. The van der Waals surface area contributed by atoms with Crippen molar-refractivity contribution < 1.29 is 14.7 Å². The van der Waals surface area contributed by atoms with Crippen molar-refractivity contribution in [3.63, 3.8) is 0 Å². The molecule has 1 aliphatic rings. The van der Waals surface area contributed by atoms with E-state index < -0.39 is 5.97 Å². The summed E-state index contributed by atoms with van der Waals surface area (Å²) in [5.41, 5.74) is 5.65. The lowest BCUT2D eigenvalue weighted by Crippen LogP contribution is -2.48. The van der Waals surface area contributed by atoms with Crippen LogP contribution in [0.4, 0.5) is 16.2 Å². The third-order valence-corrected chi connectivity index (χ3v) is 6.20. The van der Waals surface area contributed by atoms with Crippen LogP contribution in [0.3, 0.4) is 0 Å². The summed E-state index contributed by atoms with van der Waals surface area (Å²) >= 11 is 0. The minimum absolute atomic E-state index is 0.194. The highest BCUT2D eigenvalue weighted by atomic mass is 16.4. The predicted molar refractivity (Wildman–Crippen MR) is 142 cm³/mol. The average Bonchev–Trinajstić information content (AvgIpc) is 3.37. The van der Waals surface area contributed by atoms with Crippen LogP contribution in [0.2, 0.25) is 0 Å². The highest BCUT2D eigenvalue weighted by Crippen LogP contribution is 2.30. The van der Waals surface area contributed by atoms with E-state index in [9.17, 15) is 4.79 Å². The number of aromatic amines is 1. The number of aromatic nitrogens is 2. The number of benzene rings is 3. The molecular formula is C28H31N5O3. The molecule has 4 aromatic rings. The van der Waals surface area contributed by atoms with Gasteiger partial charge in [-0.2, -0.15) is 5.10 Å². The van der Waals surface area contributed by atoms with E-state index in [-0.39, 0.29) is 12.1 Å². The van der Waals surface area contributed by atoms with Crippen molar-refractivity contribution in [2.45, 2.75) is 32.2 Å². The molecule has 1 aromatic heterocycles. The highest BCUT2D eigenvalue weighted by molar-refractivity contribution is 6.00. The largest absolute Gasteiger partial charge is 0.481 e. The van der Waals surface area contributed by atoms with Crippen LogP contribution in [0.25, 0.3) is 10.9 Å². The molecule has 1 aliphatic heterocycles. The number of aryl methyl sites for hydroxylation is 1. The Balaban J connectivity index is 0.000000709. The first-order valence-electron chi connectivity index (χ1n) is 12.1. The number of anilines is 2. The van der Waals surface area contributed by atoms with Gasteiger partial charge in [-0.05, 0) is 48.6 Å². The Labute approximate surface area is 210 Å². The number of nitrogens with one attached hydrogen (secondary N) is 3. The van der Waals surface area contributed by atoms with Crippen LogP contribution in [0.1, 0.15) is 24.5 Å². The molecule has 186 valence electrons. The number of carboxylic acid groups (broad SMARTS) is 1. The molecule has 2 heterocycles. The molecule has 1 atom stereocenters. The van der Waals surface area contributed by atoms with Crippen molar-refractivity contribution in [3.05, 3.63) is 90.1 Å². The minimum atomic E-state index is -0.833. The number of hydrogen-bond donors (Lipinski definition) is 4. The summed E-state index contributed by atoms with van der Waals surface area (Å²) in [6.07, 6.45) is 4.75. The fourth-order valence-corrected chi connectivity index (χ4v) is 4.54. The first kappa shape index (κ1) is 24.8. The quantitative estimate of drug-likeness (QED) is 0.312. The fourth-order valence-electron chi connectivity index (χ4n) is 4.54. The van der Waals surface area contributed by atoms with E-state index in [2.05, 4.69) is 80.3 Å². The van der Waals surface area contributed by atoms with Crippen molar-refractivity contribution in [2.24, 2.45) is 0 Å². The zero-order chi connectivity index (χ0) is 25.3. The molecule has 2 amide bonds. The third-order valence-electron chi connectivity index (χ3n) is 6.20. The number of carbonyl (C=O) groups is 2. The number of amides is 2. The Morgan fingerprint density at radius 2 is 1.81 bits per heavy atom. The lowest BCUT2D eigenvalue weighted by Gasteiger charge is -2.39. The number of carbonyl (C=O) groups excluding carboxylic acids is 1. The Kier molecular flexibility index (Phi) is 8.18. The van der Waals surface area contributed by atoms with Crippen LogP contribution in [0, 0.1) is 0 Å². The van der Waals surface area contributed by atoms with Gasteiger partial charge in [-0.15, -0.1) is 0 Å². The number of hydrogen-bond acceptors (Lipinski definition) is 4. The van der Waals surface area contributed by atoms with Crippen LogP contribution >= 0.6 is 0 Å². The van der Waals surface area contributed by atoms with E-state index in [0.717, 1.165) is 49.3 Å². The molecule has 4 N–H and O–H groups in total. The summed E-state index contributed by atoms with van der Waals surface area (Å²) < 4.78 is 0. The van der Waals surface area contributed by atoms with E-state index in [0.29, 0.717) is 6.54 Å². The smallest absolute Gasteiger partial charge is 0.319 e. The van der Waals surface area contributed by atoms with Crippen LogP contribution in [-0.4, -0.2) is 46.4 Å². The zero-order valence-corrected chi connectivity index (χ0v) is 20.3. The van der Waals surface area contributed by atoms with Gasteiger partial charge in [-0.3, -0.25) is 9.89 Å². The third kappa shape index (κ3) is 6.41. The molecule has 36 heavy (non-hydrogen) atoms. The maximum Gasteiger partial charge on any atom is 0.319 e. The van der Waals surface area contributed by atoms with Crippen LogP contribution in [-0.2, 0) is 17.6 Å². The normalized spacial score (nSPS) is 14.4. The van der Waals surface area contributed by atoms with Crippen LogP contribution < -0.4 is 15.5 Å². The Morgan fingerprint density at radius 3 is 2.61 bits per heavy atom. The van der Waals surface area contributed by atoms with E-state index in [4.69, 9.17) is 9.90 Å². The number of H-pyrrole nitrogens is 1. The monoisotopic (exact) mass is 485 g/mol. The van der Waals surface area contributed by atoms with E-state index >= 15 is 0 Å². The number of nitrogens with zero attached hydrogens (tertiary/aromatic N) is 2. The second-order valence-corrected chi connectivity index (χ2v) is 8.74. The lowest BCUT2D eigenvalue weighted by atomic mass is 9.95. The highest BCUT2D eigenvalue weighted by Gasteiger charge is 2.26. The molecule has 0 spiro atoms. The van der Waals surface area contributed by atoms with Crippen molar-refractivity contribution in [1.29, 1.82) is 0 Å². The molecule has 0 fully saturated rings. The van der Waals surface area contributed by atoms with Gasteiger partial charge in [-0.1, -0.05) is 54.6 Å². The molecule has 0 saturated heterocycles. The second kappa shape index (κ2) is 11.9. The Bertz CT molecular complexity index is 1300. The van der Waals surface area contributed by atoms with E-state index in [1.165, 1.54) is 16.8 Å². The van der Waals surface area contributed by atoms with Gasteiger partial charge in [0.25, 0.3) is 5.97 Å². The molecule has 8 heteroatoms. The molecule has 0 saturated carbocycles. The topological polar surface area (TPSA) is 110 Å². The number of aliphatic carboxylic acids is 1. The summed E-state index contributed by atoms with van der Waals surface area (Å²) in [7, 11) is 0. The number of carboxylic acids is 1. The van der Waals surface area contributed by atoms with Gasteiger partial charge in [0, 0.05) is 37.1 Å². The van der Waals surface area contributed by atoms with Crippen molar-refractivity contribution in [3.8, 4) is 0 Å². The van der Waals surface area contributed by atoms with E-state index in [1.807, 2.05) is 18.2 Å². The molecule has 1 unspecified atom stereocenters. The SMILES string of the molecule is CC(=O)O.O=C(NCC1CCc2ccccc2N1CCc1ccccc1)Nc1cccc2[nH]ncc12. The zero-order valence-electron chi connectivity index (χ0n) is 20.3. The van der Waals surface area contributed by atoms with Gasteiger partial charge in [0.2, 0.25) is 0 Å². The Morgan fingerprint density at radius 1 is 1.06 bits per heavy atom. The maximum atomic E-state index is 12.7. The van der Waals surface area contributed by atoms with Gasteiger partial charge in [0.1, 0.15) is 0 Å². The number of urea groups is 1. The van der Waals surface area contributed by atoms with E-state index in [1.54, 1.807) is 6.20 Å². The fraction of sp³-hybridized carbons (Fsp3) is 0.250. The van der Waals surface area contributed by atoms with Crippen molar-refractivity contribution in [1.82, 2.24) is 15.5 Å². The standard InChI is InChI=1S/C26H27N5O.C2H4O2/c32-26(29-23-10-6-11-24-22(23)18-28-30-24)27-17-21-14-13-20-9-4-5-12-25(20)31(21)16-15-19-7-2-1-3-8-19;1-2(3)4/h1-12,18,21H,13-17H2,(H,28,30)(H2,27,29,32);1H3,(H,3,4). The average molecular weight is 486 g/mol. The summed E-state index contributed by atoms with van der Waals surface area (Å²) in [6.45, 7) is 2.60. The van der Waals surface area contributed by atoms with Gasteiger partial charge in [0.05, 0.1) is 17.4 Å². The molecule has 8 nitrogen and oxygen atoms in total. The minimum Gasteiger partial charge on any atom is -0.481 e. The summed E-state index contributed by atoms with van der Waals surface area (Å²) in [5.74, 6) is -0.833. The summed E-state index contributed by atoms with van der Waals surface area (Å²) in [6, 6.07) is 25.0. The number of para-hydroxylation sites is 1. The van der Waals surface area contributed by atoms with Gasteiger partial charge < -0.3 is 20.6 Å². The molecular weight excluding hydrogens is 454 g/mol. The van der Waals surface area contributed by atoms with Crippen molar-refractivity contribution >= 4 is 34.3 Å². The molecule has 3 aromatic carbocycles. The van der Waals surface area contributed by atoms with Crippen LogP contribution in [0.15, 0.2) is 79.0 Å². The first-order chi connectivity index (χ1) is 17.5. The molecule has 0 radical (unpaired) electrons. The first-order valence-corrected chi connectivity index (χ1v) is 12.1. The number of fused-ring (bicyclic) bond motifs is 2. The van der Waals surface area contributed by atoms with Crippen molar-refractivity contribution in [2.75, 3.05) is 23.3 Å². The summed E-state index contributed by atoms with van der Waals surface area (Å²) in [4.78, 5) is 24.1. The maximum absolute atomic E-state index is 12.7. The predicted octanol–water partition coefficient (Wildman–Crippen LogP) is 4.84. The van der Waals surface area contributed by atoms with Crippen LogP contribution in [0.5, 0.6) is 0 Å². The Hall–Kier alpha value is -4.33. The molecule has 5 rings (SSSR count). The molecule has 0 aliphatic carbocycles.